The highest BCUT2D eigenvalue weighted by Crippen LogP contribution is 2.33. The molecule has 1 aromatic rings. The zero-order valence-corrected chi connectivity index (χ0v) is 10.5. The monoisotopic (exact) mass is 221 g/mol. The SMILES string of the molecule is CNC(C=O)c1c(C)cc(C)c(C)c1OC. The first-order valence-corrected chi connectivity index (χ1v) is 5.34. The van der Waals surface area contributed by atoms with Crippen LogP contribution in [0.25, 0.3) is 0 Å². The number of aldehydes is 1. The van der Waals surface area contributed by atoms with Crippen molar-refractivity contribution in [3.63, 3.8) is 0 Å². The highest BCUT2D eigenvalue weighted by atomic mass is 16.5. The Balaban J connectivity index is 3.47. The highest BCUT2D eigenvalue weighted by molar-refractivity contribution is 5.67. The molecular formula is C13H19NO2. The number of rotatable bonds is 4. The van der Waals surface area contributed by atoms with Crippen LogP contribution < -0.4 is 10.1 Å². The van der Waals surface area contributed by atoms with Crippen molar-refractivity contribution < 1.29 is 9.53 Å². The van der Waals surface area contributed by atoms with Crippen LogP contribution in [0.2, 0.25) is 0 Å². The van der Waals surface area contributed by atoms with Gasteiger partial charge in [0.15, 0.2) is 0 Å². The number of ether oxygens (including phenoxy) is 1. The van der Waals surface area contributed by atoms with E-state index in [0.717, 1.165) is 28.7 Å². The molecule has 1 unspecified atom stereocenters. The maximum absolute atomic E-state index is 11.0. The molecule has 1 rings (SSSR count). The van der Waals surface area contributed by atoms with Crippen LogP contribution >= 0.6 is 0 Å². The van der Waals surface area contributed by atoms with Crippen molar-refractivity contribution in [3.8, 4) is 5.75 Å². The molecule has 0 saturated heterocycles. The van der Waals surface area contributed by atoms with Gasteiger partial charge in [-0.05, 0) is 44.5 Å². The molecule has 1 atom stereocenters. The minimum Gasteiger partial charge on any atom is -0.496 e. The molecule has 3 nitrogen and oxygen atoms in total. The smallest absolute Gasteiger partial charge is 0.141 e. The Morgan fingerprint density at radius 1 is 1.31 bits per heavy atom. The normalized spacial score (nSPS) is 12.3. The van der Waals surface area contributed by atoms with E-state index < -0.39 is 0 Å². The van der Waals surface area contributed by atoms with Gasteiger partial charge in [0, 0.05) is 5.56 Å². The molecule has 0 aliphatic rings. The highest BCUT2D eigenvalue weighted by Gasteiger charge is 2.19. The molecule has 1 N–H and O–H groups in total. The van der Waals surface area contributed by atoms with Crippen LogP contribution in [0.15, 0.2) is 6.07 Å². The van der Waals surface area contributed by atoms with Crippen molar-refractivity contribution in [3.05, 3.63) is 28.3 Å². The Hall–Kier alpha value is -1.35. The van der Waals surface area contributed by atoms with E-state index in [2.05, 4.69) is 11.4 Å². The number of methoxy groups -OCH3 is 1. The number of benzene rings is 1. The average molecular weight is 221 g/mol. The van der Waals surface area contributed by atoms with Crippen molar-refractivity contribution in [2.45, 2.75) is 26.8 Å². The summed E-state index contributed by atoms with van der Waals surface area (Å²) in [6, 6.07) is 1.77. The number of likely N-dealkylation sites (N-methyl/N-ethyl adjacent to an activating group) is 1. The van der Waals surface area contributed by atoms with Crippen molar-refractivity contribution in [2.75, 3.05) is 14.2 Å². The van der Waals surface area contributed by atoms with Gasteiger partial charge < -0.3 is 14.8 Å². The second-order valence-corrected chi connectivity index (χ2v) is 3.98. The van der Waals surface area contributed by atoms with E-state index in [1.807, 2.05) is 20.8 Å². The van der Waals surface area contributed by atoms with Crippen LogP contribution in [0.4, 0.5) is 0 Å². The quantitative estimate of drug-likeness (QED) is 0.791. The van der Waals surface area contributed by atoms with Crippen LogP contribution in [0.1, 0.15) is 28.3 Å². The predicted molar refractivity (Wildman–Crippen MR) is 65.1 cm³/mol. The first kappa shape index (κ1) is 12.7. The first-order valence-electron chi connectivity index (χ1n) is 5.34. The fourth-order valence-electron chi connectivity index (χ4n) is 2.00. The standard InChI is InChI=1S/C13H19NO2/c1-8-6-9(2)12(11(7-15)14-4)13(16-5)10(8)3/h6-7,11,14H,1-5H3. The summed E-state index contributed by atoms with van der Waals surface area (Å²) in [4.78, 5) is 11.0. The van der Waals surface area contributed by atoms with Crippen LogP contribution in [0.5, 0.6) is 5.75 Å². The lowest BCUT2D eigenvalue weighted by molar-refractivity contribution is -0.109. The second kappa shape index (κ2) is 5.12. The van der Waals surface area contributed by atoms with Crippen molar-refractivity contribution in [2.24, 2.45) is 0 Å². The predicted octanol–water partition coefficient (Wildman–Crippen LogP) is 2.08. The number of hydrogen-bond donors (Lipinski definition) is 1. The van der Waals surface area contributed by atoms with E-state index in [1.165, 1.54) is 5.56 Å². The fourth-order valence-corrected chi connectivity index (χ4v) is 2.00. The topological polar surface area (TPSA) is 38.3 Å². The largest absolute Gasteiger partial charge is 0.496 e. The van der Waals surface area contributed by atoms with Crippen LogP contribution in [-0.2, 0) is 4.79 Å². The molecule has 16 heavy (non-hydrogen) atoms. The second-order valence-electron chi connectivity index (χ2n) is 3.98. The molecule has 0 spiro atoms. The number of hydrogen-bond acceptors (Lipinski definition) is 3. The van der Waals surface area contributed by atoms with Crippen LogP contribution in [0, 0.1) is 20.8 Å². The Kier molecular flexibility index (Phi) is 4.07. The van der Waals surface area contributed by atoms with E-state index in [9.17, 15) is 4.79 Å². The molecule has 0 aliphatic carbocycles. The minimum absolute atomic E-state index is 0.311. The molecule has 0 aliphatic heterocycles. The van der Waals surface area contributed by atoms with Gasteiger partial charge in [0.05, 0.1) is 13.2 Å². The molecule has 0 aromatic heterocycles. The Labute approximate surface area is 96.8 Å². The van der Waals surface area contributed by atoms with Gasteiger partial charge in [-0.1, -0.05) is 6.07 Å². The molecule has 88 valence electrons. The summed E-state index contributed by atoms with van der Waals surface area (Å²) in [5, 5.41) is 2.98. The van der Waals surface area contributed by atoms with E-state index in [-0.39, 0.29) is 6.04 Å². The third kappa shape index (κ3) is 2.09. The molecule has 3 heteroatoms. The van der Waals surface area contributed by atoms with E-state index in [4.69, 9.17) is 4.74 Å². The Morgan fingerprint density at radius 2 is 1.94 bits per heavy atom. The van der Waals surface area contributed by atoms with E-state index >= 15 is 0 Å². The maximum Gasteiger partial charge on any atom is 0.141 e. The van der Waals surface area contributed by atoms with Gasteiger partial charge in [-0.3, -0.25) is 0 Å². The summed E-state index contributed by atoms with van der Waals surface area (Å²) < 4.78 is 5.42. The lowest BCUT2D eigenvalue weighted by Gasteiger charge is -2.20. The maximum atomic E-state index is 11.0. The van der Waals surface area contributed by atoms with Gasteiger partial charge in [0.1, 0.15) is 12.0 Å². The zero-order valence-electron chi connectivity index (χ0n) is 10.5. The first-order chi connectivity index (χ1) is 7.56. The molecule has 0 bridgehead atoms. The molecule has 0 saturated carbocycles. The zero-order chi connectivity index (χ0) is 12.3. The number of nitrogens with one attached hydrogen (secondary N) is 1. The van der Waals surface area contributed by atoms with Crippen molar-refractivity contribution in [1.29, 1.82) is 0 Å². The Bertz CT molecular complexity index is 399. The Morgan fingerprint density at radius 3 is 2.38 bits per heavy atom. The number of aryl methyl sites for hydroxylation is 2. The summed E-state index contributed by atoms with van der Waals surface area (Å²) in [5.74, 6) is 0.809. The van der Waals surface area contributed by atoms with E-state index in [1.54, 1.807) is 14.2 Å². The summed E-state index contributed by atoms with van der Waals surface area (Å²) in [7, 11) is 3.41. The number of carbonyl (C=O) groups is 1. The summed E-state index contributed by atoms with van der Waals surface area (Å²) in [6.07, 6.45) is 0.902. The third-order valence-electron chi connectivity index (χ3n) is 3.00. The molecule has 0 amide bonds. The van der Waals surface area contributed by atoms with Crippen LogP contribution in [0.3, 0.4) is 0 Å². The van der Waals surface area contributed by atoms with Gasteiger partial charge >= 0.3 is 0 Å². The van der Waals surface area contributed by atoms with E-state index in [0.29, 0.717) is 0 Å². The molecule has 0 radical (unpaired) electrons. The fraction of sp³-hybridized carbons (Fsp3) is 0.462. The van der Waals surface area contributed by atoms with Gasteiger partial charge in [0.25, 0.3) is 0 Å². The van der Waals surface area contributed by atoms with Gasteiger partial charge in [-0.15, -0.1) is 0 Å². The van der Waals surface area contributed by atoms with Crippen LogP contribution in [-0.4, -0.2) is 20.4 Å². The lowest BCUT2D eigenvalue weighted by atomic mass is 9.94. The van der Waals surface area contributed by atoms with Gasteiger partial charge in [0.2, 0.25) is 0 Å². The van der Waals surface area contributed by atoms with Gasteiger partial charge in [-0.2, -0.15) is 0 Å². The number of carbonyl (C=O) groups excluding carboxylic acids is 1. The van der Waals surface area contributed by atoms with Gasteiger partial charge in [-0.25, -0.2) is 0 Å². The molecule has 0 heterocycles. The molecule has 0 fully saturated rings. The average Bonchev–Trinajstić information content (AvgIpc) is 2.27. The van der Waals surface area contributed by atoms with Crippen molar-refractivity contribution in [1.82, 2.24) is 5.32 Å². The third-order valence-corrected chi connectivity index (χ3v) is 3.00. The summed E-state index contributed by atoms with van der Waals surface area (Å²) in [5.41, 5.74) is 4.28. The lowest BCUT2D eigenvalue weighted by Crippen LogP contribution is -2.20. The molecule has 1 aromatic carbocycles. The summed E-state index contributed by atoms with van der Waals surface area (Å²) >= 11 is 0. The minimum atomic E-state index is -0.311. The molecular weight excluding hydrogens is 202 g/mol. The summed E-state index contributed by atoms with van der Waals surface area (Å²) in [6.45, 7) is 6.05. The van der Waals surface area contributed by atoms with Crippen molar-refractivity contribution >= 4 is 6.29 Å².